The van der Waals surface area contributed by atoms with Gasteiger partial charge in [0, 0.05) is 0 Å². The van der Waals surface area contributed by atoms with Crippen molar-refractivity contribution in [2.75, 3.05) is 6.54 Å². The highest BCUT2D eigenvalue weighted by Crippen LogP contribution is 2.16. The lowest BCUT2D eigenvalue weighted by atomic mass is 10.3. The summed E-state index contributed by atoms with van der Waals surface area (Å²) in [4.78, 5) is 0. The third-order valence-corrected chi connectivity index (χ3v) is 2.22. The molecule has 0 unspecified atom stereocenters. The summed E-state index contributed by atoms with van der Waals surface area (Å²) in [5.74, 6) is -1.04. The summed E-state index contributed by atoms with van der Waals surface area (Å²) in [5.41, 5.74) is -0.259. The van der Waals surface area contributed by atoms with E-state index >= 15 is 0 Å². The molecule has 5 nitrogen and oxygen atoms in total. The van der Waals surface area contributed by atoms with Gasteiger partial charge in [0.05, 0.1) is 6.54 Å². The van der Waals surface area contributed by atoms with Crippen molar-refractivity contribution in [2.24, 2.45) is 0 Å². The first kappa shape index (κ1) is 11.6. The van der Waals surface area contributed by atoms with Crippen LogP contribution in [0.15, 0.2) is 18.2 Å². The second-order valence-corrected chi connectivity index (χ2v) is 3.36. The number of hydrogen-bond donors (Lipinski definition) is 1. The Labute approximate surface area is 96.4 Å². The van der Waals surface area contributed by atoms with Gasteiger partial charge in [-0.05, 0) is 29.1 Å². The van der Waals surface area contributed by atoms with E-state index in [2.05, 4.69) is 20.8 Å². The van der Waals surface area contributed by atoms with Crippen LogP contribution in [0.25, 0.3) is 5.69 Å². The Morgan fingerprint density at radius 2 is 2.00 bits per heavy atom. The molecule has 17 heavy (non-hydrogen) atoms. The first-order chi connectivity index (χ1) is 8.24. The molecule has 1 N–H and O–H groups in total. The minimum Gasteiger partial charge on any atom is -0.310 e. The Kier molecular flexibility index (Phi) is 3.38. The van der Waals surface area contributed by atoms with Crippen LogP contribution in [-0.4, -0.2) is 26.8 Å². The summed E-state index contributed by atoms with van der Waals surface area (Å²) in [6.07, 6.45) is 0. The molecule has 0 atom stereocenters. The van der Waals surface area contributed by atoms with Gasteiger partial charge in [0.15, 0.2) is 17.5 Å². The van der Waals surface area contributed by atoms with Crippen molar-refractivity contribution in [3.63, 3.8) is 0 Å². The molecule has 1 heterocycles. The van der Waals surface area contributed by atoms with E-state index in [1.807, 2.05) is 6.92 Å². The second kappa shape index (κ2) is 4.96. The third-order valence-electron chi connectivity index (χ3n) is 2.22. The SMILES string of the molecule is CCNCc1nnnn1-c1c(F)cccc1F. The molecule has 0 aliphatic carbocycles. The van der Waals surface area contributed by atoms with E-state index in [9.17, 15) is 8.78 Å². The van der Waals surface area contributed by atoms with Gasteiger partial charge in [0.1, 0.15) is 5.69 Å². The molecule has 0 amide bonds. The van der Waals surface area contributed by atoms with E-state index in [-0.39, 0.29) is 5.69 Å². The van der Waals surface area contributed by atoms with Crippen LogP contribution in [0.3, 0.4) is 0 Å². The molecular formula is C10H11F2N5. The Morgan fingerprint density at radius 1 is 1.29 bits per heavy atom. The lowest BCUT2D eigenvalue weighted by Crippen LogP contribution is -2.17. The predicted molar refractivity (Wildman–Crippen MR) is 56.5 cm³/mol. The van der Waals surface area contributed by atoms with Crippen LogP contribution in [0.1, 0.15) is 12.7 Å². The fourth-order valence-corrected chi connectivity index (χ4v) is 1.42. The van der Waals surface area contributed by atoms with E-state index in [4.69, 9.17) is 0 Å². The normalized spacial score (nSPS) is 10.8. The molecule has 7 heteroatoms. The topological polar surface area (TPSA) is 55.6 Å². The van der Waals surface area contributed by atoms with Gasteiger partial charge in [-0.2, -0.15) is 4.68 Å². The van der Waals surface area contributed by atoms with Crippen molar-refractivity contribution < 1.29 is 8.78 Å². The number of tetrazole rings is 1. The minimum atomic E-state index is -0.699. The van der Waals surface area contributed by atoms with E-state index in [1.165, 1.54) is 6.07 Å². The molecule has 0 radical (unpaired) electrons. The molecule has 90 valence electrons. The van der Waals surface area contributed by atoms with Crippen LogP contribution in [0.2, 0.25) is 0 Å². The lowest BCUT2D eigenvalue weighted by molar-refractivity contribution is 0.547. The molecular weight excluding hydrogens is 228 g/mol. The Morgan fingerprint density at radius 3 is 2.65 bits per heavy atom. The van der Waals surface area contributed by atoms with Crippen LogP contribution in [0.5, 0.6) is 0 Å². The molecule has 1 aromatic carbocycles. The summed E-state index contributed by atoms with van der Waals surface area (Å²) < 4.78 is 28.1. The van der Waals surface area contributed by atoms with E-state index in [1.54, 1.807) is 0 Å². The molecule has 1 aromatic heterocycles. The zero-order valence-corrected chi connectivity index (χ0v) is 9.19. The summed E-state index contributed by atoms with van der Waals surface area (Å²) >= 11 is 0. The van der Waals surface area contributed by atoms with Crippen molar-refractivity contribution in [3.05, 3.63) is 35.7 Å². The number of para-hydroxylation sites is 1. The highest BCUT2D eigenvalue weighted by molar-refractivity contribution is 5.34. The summed E-state index contributed by atoms with van der Waals surface area (Å²) in [7, 11) is 0. The van der Waals surface area contributed by atoms with E-state index in [0.29, 0.717) is 18.9 Å². The zero-order valence-electron chi connectivity index (χ0n) is 9.19. The van der Waals surface area contributed by atoms with Gasteiger partial charge >= 0.3 is 0 Å². The Bertz CT molecular complexity index is 491. The Hall–Kier alpha value is -1.89. The second-order valence-electron chi connectivity index (χ2n) is 3.36. The van der Waals surface area contributed by atoms with Gasteiger partial charge in [-0.3, -0.25) is 0 Å². The molecule has 0 aliphatic heterocycles. The first-order valence-corrected chi connectivity index (χ1v) is 5.16. The monoisotopic (exact) mass is 239 g/mol. The Balaban J connectivity index is 2.43. The van der Waals surface area contributed by atoms with E-state index in [0.717, 1.165) is 16.8 Å². The number of nitrogens with zero attached hydrogens (tertiary/aromatic N) is 4. The minimum absolute atomic E-state index is 0.259. The fraction of sp³-hybridized carbons (Fsp3) is 0.300. The molecule has 0 spiro atoms. The first-order valence-electron chi connectivity index (χ1n) is 5.16. The van der Waals surface area contributed by atoms with Crippen molar-refractivity contribution in [2.45, 2.75) is 13.5 Å². The molecule has 2 aromatic rings. The fourth-order valence-electron chi connectivity index (χ4n) is 1.42. The smallest absolute Gasteiger partial charge is 0.170 e. The predicted octanol–water partition coefficient (Wildman–Crippen LogP) is 1.05. The number of halogens is 2. The highest BCUT2D eigenvalue weighted by atomic mass is 19.1. The average molecular weight is 239 g/mol. The maximum Gasteiger partial charge on any atom is 0.170 e. The molecule has 0 aliphatic rings. The van der Waals surface area contributed by atoms with Crippen LogP contribution in [0, 0.1) is 11.6 Å². The number of rotatable bonds is 4. The van der Waals surface area contributed by atoms with Crippen LogP contribution in [-0.2, 0) is 6.54 Å². The van der Waals surface area contributed by atoms with Crippen molar-refractivity contribution in [3.8, 4) is 5.69 Å². The number of nitrogens with one attached hydrogen (secondary N) is 1. The van der Waals surface area contributed by atoms with Crippen LogP contribution >= 0.6 is 0 Å². The van der Waals surface area contributed by atoms with Crippen LogP contribution in [0.4, 0.5) is 8.78 Å². The summed E-state index contributed by atoms with van der Waals surface area (Å²) in [5, 5.41) is 13.7. The van der Waals surface area contributed by atoms with Gasteiger partial charge in [0.25, 0.3) is 0 Å². The average Bonchev–Trinajstić information content (AvgIpc) is 2.74. The van der Waals surface area contributed by atoms with Crippen LogP contribution < -0.4 is 5.32 Å². The number of aromatic nitrogens is 4. The van der Waals surface area contributed by atoms with Gasteiger partial charge in [-0.15, -0.1) is 5.10 Å². The molecule has 0 saturated carbocycles. The molecule has 0 saturated heterocycles. The van der Waals surface area contributed by atoms with Crippen molar-refractivity contribution in [1.82, 2.24) is 25.5 Å². The maximum atomic E-state index is 13.5. The standard InChI is InChI=1S/C10H11F2N5/c1-2-13-6-9-14-15-16-17(9)10-7(11)4-3-5-8(10)12/h3-5,13H,2,6H2,1H3. The molecule has 2 rings (SSSR count). The van der Waals surface area contributed by atoms with Crippen molar-refractivity contribution in [1.29, 1.82) is 0 Å². The largest absolute Gasteiger partial charge is 0.310 e. The quantitative estimate of drug-likeness (QED) is 0.866. The van der Waals surface area contributed by atoms with Gasteiger partial charge in [-0.25, -0.2) is 8.78 Å². The summed E-state index contributed by atoms with van der Waals surface area (Å²) in [6.45, 7) is 2.97. The highest BCUT2D eigenvalue weighted by Gasteiger charge is 2.16. The number of benzene rings is 1. The third kappa shape index (κ3) is 2.28. The van der Waals surface area contributed by atoms with Gasteiger partial charge in [0.2, 0.25) is 0 Å². The molecule has 0 bridgehead atoms. The summed E-state index contributed by atoms with van der Waals surface area (Å²) in [6, 6.07) is 3.62. The van der Waals surface area contributed by atoms with E-state index < -0.39 is 11.6 Å². The molecule has 0 fully saturated rings. The maximum absolute atomic E-state index is 13.5. The van der Waals surface area contributed by atoms with Gasteiger partial charge < -0.3 is 5.32 Å². The lowest BCUT2D eigenvalue weighted by Gasteiger charge is -2.06. The zero-order chi connectivity index (χ0) is 12.3. The van der Waals surface area contributed by atoms with Gasteiger partial charge in [-0.1, -0.05) is 13.0 Å². The van der Waals surface area contributed by atoms with Crippen molar-refractivity contribution >= 4 is 0 Å². The number of hydrogen-bond acceptors (Lipinski definition) is 4.